The van der Waals surface area contributed by atoms with Gasteiger partial charge in [-0.1, -0.05) is 200 Å². The fourth-order valence-corrected chi connectivity index (χ4v) is 11.0. The van der Waals surface area contributed by atoms with Crippen LogP contribution in [0.15, 0.2) is 267 Å². The van der Waals surface area contributed by atoms with Crippen molar-refractivity contribution < 1.29 is 4.74 Å². The van der Waals surface area contributed by atoms with Crippen molar-refractivity contribution in [2.24, 2.45) is 0 Å². The van der Waals surface area contributed by atoms with Crippen molar-refractivity contribution in [1.29, 1.82) is 0 Å². The normalized spacial score (nSPS) is 12.6. The molecule has 1 aliphatic heterocycles. The van der Waals surface area contributed by atoms with Gasteiger partial charge in [-0.05, 0) is 116 Å². The fourth-order valence-electron chi connectivity index (χ4n) is 11.0. The summed E-state index contributed by atoms with van der Waals surface area (Å²) in [5.41, 5.74) is 17.8. The quantitative estimate of drug-likeness (QED) is 0.144. The van der Waals surface area contributed by atoms with Gasteiger partial charge in [0.05, 0.1) is 16.8 Å². The summed E-state index contributed by atoms with van der Waals surface area (Å²) in [5, 5.41) is 2.21. The van der Waals surface area contributed by atoms with Crippen LogP contribution in [-0.2, 0) is 5.41 Å². The zero-order chi connectivity index (χ0) is 45.0. The van der Waals surface area contributed by atoms with E-state index in [1.54, 1.807) is 0 Å². The molecule has 0 unspecified atom stereocenters. The molecule has 0 radical (unpaired) electrons. The number of anilines is 6. The first kappa shape index (κ1) is 39.4. The van der Waals surface area contributed by atoms with Gasteiger partial charge in [-0.3, -0.25) is 0 Å². The van der Waals surface area contributed by atoms with Gasteiger partial charge in [-0.25, -0.2) is 0 Å². The van der Waals surface area contributed by atoms with Crippen LogP contribution in [0, 0.1) is 0 Å². The molecule has 0 atom stereocenters. The smallest absolute Gasteiger partial charge is 0.159 e. The molecule has 68 heavy (non-hydrogen) atoms. The molecule has 0 saturated carbocycles. The van der Waals surface area contributed by atoms with E-state index in [9.17, 15) is 0 Å². The Labute approximate surface area is 397 Å². The highest BCUT2D eigenvalue weighted by molar-refractivity contribution is 6.08. The Balaban J connectivity index is 1.01. The highest BCUT2D eigenvalue weighted by Crippen LogP contribution is 2.58. The lowest BCUT2D eigenvalue weighted by Gasteiger charge is -2.34. The number of fused-ring (bicyclic) bond motifs is 5. The molecule has 11 aromatic carbocycles. The van der Waals surface area contributed by atoms with Crippen molar-refractivity contribution in [2.45, 2.75) is 5.41 Å². The van der Waals surface area contributed by atoms with Crippen molar-refractivity contribution in [3.63, 3.8) is 0 Å². The lowest BCUT2D eigenvalue weighted by molar-refractivity contribution is 0.488. The van der Waals surface area contributed by atoms with E-state index in [0.29, 0.717) is 0 Å². The predicted octanol–water partition coefficient (Wildman–Crippen LogP) is 17.6. The minimum Gasteiger partial charge on any atom is -0.454 e. The minimum atomic E-state index is -0.495. The second-order valence-electron chi connectivity index (χ2n) is 17.6. The second-order valence-corrected chi connectivity index (χ2v) is 17.6. The molecule has 1 aliphatic carbocycles. The van der Waals surface area contributed by atoms with Gasteiger partial charge in [-0.2, -0.15) is 0 Å². The lowest BCUT2D eigenvalue weighted by Crippen LogP contribution is -2.28. The fraction of sp³-hybridized carbons (Fsp3) is 0.0154. The van der Waals surface area contributed by atoms with Crippen LogP contribution < -0.4 is 14.5 Å². The maximum atomic E-state index is 7.32. The summed E-state index contributed by atoms with van der Waals surface area (Å²) in [7, 11) is 0. The SMILES string of the molecule is c1ccc(-c2ccc(N(c3ccc4c(c3)-c3ccccc3C4(c3ccccc3)c3ccccc3)c3cc4c5c(cccc5c3)-c3cccc(N(c5ccccc5)c5ccccc5)c3O4)cc2)cc1. The standard InChI is InChI=1S/C65H44N2O/c1-6-20-45(21-7-1)46-36-38-52(39-37-46)66(53-40-41-60-58(43-53)55-31-16-17-34-59(55)65(60,48-23-8-2-9-24-48)49-25-10-3-11-26-49)54-42-47-22-18-32-56-57-33-19-35-61(64(57)68-62(44-54)63(47)56)67(50-27-12-4-13-28-50)51-29-14-5-15-30-51/h1-44H. The molecule has 11 aromatic rings. The first-order valence-corrected chi connectivity index (χ1v) is 23.3. The van der Waals surface area contributed by atoms with E-state index >= 15 is 0 Å². The Morgan fingerprint density at radius 1 is 0.309 bits per heavy atom. The molecule has 0 N–H and O–H groups in total. The van der Waals surface area contributed by atoms with Crippen molar-refractivity contribution in [2.75, 3.05) is 9.80 Å². The van der Waals surface area contributed by atoms with Gasteiger partial charge >= 0.3 is 0 Å². The molecule has 320 valence electrons. The summed E-state index contributed by atoms with van der Waals surface area (Å²) in [6.45, 7) is 0. The molecular weight excluding hydrogens is 825 g/mol. The molecule has 0 aromatic heterocycles. The minimum absolute atomic E-state index is 0.495. The van der Waals surface area contributed by atoms with Crippen LogP contribution in [0.25, 0.3) is 44.2 Å². The average Bonchev–Trinajstić information content (AvgIpc) is 3.71. The van der Waals surface area contributed by atoms with Gasteiger partial charge < -0.3 is 14.5 Å². The zero-order valence-electron chi connectivity index (χ0n) is 37.2. The number of nitrogens with zero attached hydrogens (tertiary/aromatic N) is 2. The Kier molecular flexibility index (Phi) is 9.40. The molecule has 0 amide bonds. The van der Waals surface area contributed by atoms with Crippen molar-refractivity contribution >= 4 is 44.9 Å². The van der Waals surface area contributed by atoms with Crippen LogP contribution in [0.1, 0.15) is 22.3 Å². The molecule has 0 spiro atoms. The molecule has 3 nitrogen and oxygen atoms in total. The number of hydrogen-bond acceptors (Lipinski definition) is 3. The van der Waals surface area contributed by atoms with Crippen LogP contribution in [0.2, 0.25) is 0 Å². The van der Waals surface area contributed by atoms with Crippen molar-refractivity contribution in [1.82, 2.24) is 0 Å². The van der Waals surface area contributed by atoms with Crippen LogP contribution in [0.3, 0.4) is 0 Å². The van der Waals surface area contributed by atoms with Gasteiger partial charge in [0.2, 0.25) is 0 Å². The first-order valence-electron chi connectivity index (χ1n) is 23.3. The molecular formula is C65H44N2O. The third kappa shape index (κ3) is 6.28. The summed E-state index contributed by atoms with van der Waals surface area (Å²) < 4.78 is 7.32. The van der Waals surface area contributed by atoms with Crippen molar-refractivity contribution in [3.8, 4) is 44.9 Å². The molecule has 0 bridgehead atoms. The lowest BCUT2D eigenvalue weighted by atomic mass is 9.68. The first-order chi connectivity index (χ1) is 33.7. The van der Waals surface area contributed by atoms with E-state index in [-0.39, 0.29) is 0 Å². The van der Waals surface area contributed by atoms with E-state index in [2.05, 4.69) is 277 Å². The number of para-hydroxylation sites is 3. The topological polar surface area (TPSA) is 15.7 Å². The molecule has 0 saturated heterocycles. The highest BCUT2D eigenvalue weighted by atomic mass is 16.5. The van der Waals surface area contributed by atoms with Crippen LogP contribution in [-0.4, -0.2) is 0 Å². The molecule has 13 rings (SSSR count). The summed E-state index contributed by atoms with van der Waals surface area (Å²) >= 11 is 0. The maximum absolute atomic E-state index is 7.32. The van der Waals surface area contributed by atoms with Crippen LogP contribution in [0.5, 0.6) is 11.5 Å². The Bertz CT molecular complexity index is 3550. The summed E-state index contributed by atoms with van der Waals surface area (Å²) in [4.78, 5) is 4.69. The van der Waals surface area contributed by atoms with E-state index in [1.165, 1.54) is 44.5 Å². The van der Waals surface area contributed by atoms with E-state index < -0.39 is 5.41 Å². The number of ether oxygens (including phenoxy) is 1. The van der Waals surface area contributed by atoms with Gasteiger partial charge in [0.15, 0.2) is 5.75 Å². The average molecular weight is 869 g/mol. The molecule has 2 aliphatic rings. The third-order valence-electron chi connectivity index (χ3n) is 13.9. The summed E-state index contributed by atoms with van der Waals surface area (Å²) in [6, 6.07) is 96.4. The summed E-state index contributed by atoms with van der Waals surface area (Å²) in [5.74, 6) is 1.64. The highest BCUT2D eigenvalue weighted by Gasteiger charge is 2.46. The number of hydrogen-bond donors (Lipinski definition) is 0. The van der Waals surface area contributed by atoms with Gasteiger partial charge in [-0.15, -0.1) is 0 Å². The maximum Gasteiger partial charge on any atom is 0.159 e. The second kappa shape index (κ2) is 16.2. The van der Waals surface area contributed by atoms with E-state index in [1.807, 2.05) is 0 Å². The summed E-state index contributed by atoms with van der Waals surface area (Å²) in [6.07, 6.45) is 0. The third-order valence-corrected chi connectivity index (χ3v) is 13.9. The largest absolute Gasteiger partial charge is 0.454 e. The molecule has 1 heterocycles. The Morgan fingerprint density at radius 2 is 0.824 bits per heavy atom. The Morgan fingerprint density at radius 3 is 1.50 bits per heavy atom. The van der Waals surface area contributed by atoms with Gasteiger partial charge in [0.25, 0.3) is 0 Å². The van der Waals surface area contributed by atoms with E-state index in [4.69, 9.17) is 4.74 Å². The molecule has 0 fully saturated rings. The van der Waals surface area contributed by atoms with E-state index in [0.717, 1.165) is 67.5 Å². The van der Waals surface area contributed by atoms with Gasteiger partial charge in [0, 0.05) is 39.8 Å². The van der Waals surface area contributed by atoms with Crippen molar-refractivity contribution in [3.05, 3.63) is 289 Å². The number of rotatable bonds is 9. The van der Waals surface area contributed by atoms with Crippen LogP contribution in [0.4, 0.5) is 34.1 Å². The molecule has 3 heteroatoms. The van der Waals surface area contributed by atoms with Gasteiger partial charge in [0.1, 0.15) is 5.75 Å². The van der Waals surface area contributed by atoms with Crippen LogP contribution >= 0.6 is 0 Å². The monoisotopic (exact) mass is 868 g/mol. The Hall–Kier alpha value is -8.92. The number of benzene rings is 11. The predicted molar refractivity (Wildman–Crippen MR) is 282 cm³/mol. The zero-order valence-corrected chi connectivity index (χ0v) is 37.2.